The van der Waals surface area contributed by atoms with E-state index < -0.39 is 6.09 Å². The first-order valence-electron chi connectivity index (χ1n) is 5.88. The second kappa shape index (κ2) is 4.97. The normalized spacial score (nSPS) is 16.9. The van der Waals surface area contributed by atoms with Gasteiger partial charge in [0, 0.05) is 0 Å². The van der Waals surface area contributed by atoms with E-state index in [0.717, 1.165) is 16.8 Å². The van der Waals surface area contributed by atoms with Crippen LogP contribution >= 0.6 is 0 Å². The van der Waals surface area contributed by atoms with E-state index in [4.69, 9.17) is 11.2 Å². The Labute approximate surface area is 107 Å². The molecule has 1 atom stereocenters. The van der Waals surface area contributed by atoms with Crippen molar-refractivity contribution in [2.45, 2.75) is 19.9 Å². The first-order chi connectivity index (χ1) is 8.67. The van der Waals surface area contributed by atoms with Crippen LogP contribution in [0.25, 0.3) is 6.08 Å². The highest BCUT2D eigenvalue weighted by atomic mass is 16.6. The molecule has 18 heavy (non-hydrogen) atoms. The quantitative estimate of drug-likeness (QED) is 0.707. The average Bonchev–Trinajstić information content (AvgIpc) is 2.37. The number of terminal acetylenes is 1. The van der Waals surface area contributed by atoms with E-state index in [1.807, 2.05) is 37.3 Å². The molecule has 0 spiro atoms. The van der Waals surface area contributed by atoms with E-state index in [9.17, 15) is 4.79 Å². The van der Waals surface area contributed by atoms with Crippen LogP contribution in [-0.2, 0) is 4.74 Å². The zero-order valence-corrected chi connectivity index (χ0v) is 10.5. The molecule has 0 aliphatic carbocycles. The van der Waals surface area contributed by atoms with Crippen molar-refractivity contribution < 1.29 is 9.53 Å². The molecule has 3 nitrogen and oxygen atoms in total. The number of ether oxygens (including phenoxy) is 1. The van der Waals surface area contributed by atoms with E-state index in [0.29, 0.717) is 6.61 Å². The molecule has 92 valence electrons. The first kappa shape index (κ1) is 12.3. The van der Waals surface area contributed by atoms with E-state index in [2.05, 4.69) is 5.92 Å². The Morgan fingerprint density at radius 3 is 3.00 bits per heavy atom. The van der Waals surface area contributed by atoms with Crippen molar-refractivity contribution in [1.82, 2.24) is 0 Å². The van der Waals surface area contributed by atoms with Crippen molar-refractivity contribution in [1.29, 1.82) is 0 Å². The SMILES string of the molecule is C#CC1C=Cc2cc(C)ccc2N1C(=O)OCC. The minimum absolute atomic E-state index is 0.331. The van der Waals surface area contributed by atoms with E-state index in [-0.39, 0.29) is 6.04 Å². The smallest absolute Gasteiger partial charge is 0.415 e. The van der Waals surface area contributed by atoms with E-state index in [1.54, 1.807) is 6.92 Å². The molecular weight excluding hydrogens is 226 g/mol. The van der Waals surface area contributed by atoms with Gasteiger partial charge < -0.3 is 4.74 Å². The maximum Gasteiger partial charge on any atom is 0.415 e. The molecule has 1 aromatic rings. The van der Waals surface area contributed by atoms with Gasteiger partial charge in [-0.1, -0.05) is 23.6 Å². The lowest BCUT2D eigenvalue weighted by Crippen LogP contribution is -2.40. The molecule has 0 radical (unpaired) electrons. The molecule has 1 aromatic carbocycles. The molecule has 0 N–H and O–H groups in total. The molecule has 1 amide bonds. The van der Waals surface area contributed by atoms with Gasteiger partial charge in [0.1, 0.15) is 6.04 Å². The standard InChI is InChI=1S/C15H15NO2/c1-4-13-8-7-12-10-11(3)6-9-14(12)16(13)15(17)18-5-2/h1,6-10,13H,5H2,2-3H3. The van der Waals surface area contributed by atoms with Crippen LogP contribution in [-0.4, -0.2) is 18.7 Å². The van der Waals surface area contributed by atoms with Gasteiger partial charge in [0.25, 0.3) is 0 Å². The van der Waals surface area contributed by atoms with Gasteiger partial charge in [0.15, 0.2) is 0 Å². The topological polar surface area (TPSA) is 29.5 Å². The van der Waals surface area contributed by atoms with E-state index in [1.165, 1.54) is 4.90 Å². The fraction of sp³-hybridized carbons (Fsp3) is 0.267. The second-order valence-electron chi connectivity index (χ2n) is 4.10. The summed E-state index contributed by atoms with van der Waals surface area (Å²) < 4.78 is 5.06. The van der Waals surface area contributed by atoms with Crippen LogP contribution in [0.4, 0.5) is 10.5 Å². The maximum absolute atomic E-state index is 12.0. The lowest BCUT2D eigenvalue weighted by molar-refractivity contribution is 0.159. The number of aryl methyl sites for hydroxylation is 1. The predicted octanol–water partition coefficient (Wildman–Crippen LogP) is 2.99. The van der Waals surface area contributed by atoms with Crippen molar-refractivity contribution in [3.63, 3.8) is 0 Å². The number of rotatable bonds is 1. The Morgan fingerprint density at radius 1 is 1.56 bits per heavy atom. The molecule has 0 saturated heterocycles. The van der Waals surface area contributed by atoms with Gasteiger partial charge in [-0.3, -0.25) is 4.90 Å². The number of hydrogen-bond acceptors (Lipinski definition) is 2. The summed E-state index contributed by atoms with van der Waals surface area (Å²) in [7, 11) is 0. The van der Waals surface area contributed by atoms with Crippen molar-refractivity contribution in [3.8, 4) is 12.3 Å². The van der Waals surface area contributed by atoms with Crippen LogP contribution in [0.5, 0.6) is 0 Å². The molecule has 2 rings (SSSR count). The molecule has 0 bridgehead atoms. The molecule has 1 unspecified atom stereocenters. The number of amides is 1. The lowest BCUT2D eigenvalue weighted by atomic mass is 10.0. The number of benzene rings is 1. The Hall–Kier alpha value is -2.21. The van der Waals surface area contributed by atoms with E-state index >= 15 is 0 Å². The van der Waals surface area contributed by atoms with Crippen molar-refractivity contribution in [3.05, 3.63) is 35.4 Å². The Morgan fingerprint density at radius 2 is 2.33 bits per heavy atom. The van der Waals surface area contributed by atoms with Crippen molar-refractivity contribution >= 4 is 17.9 Å². The highest BCUT2D eigenvalue weighted by molar-refractivity contribution is 5.94. The summed E-state index contributed by atoms with van der Waals surface area (Å²) in [6.07, 6.45) is 8.84. The number of carbonyl (C=O) groups excluding carboxylic acids is 1. The van der Waals surface area contributed by atoms with Gasteiger partial charge in [-0.05, 0) is 37.6 Å². The third kappa shape index (κ3) is 2.10. The Bertz CT molecular complexity index is 540. The molecular formula is C15H15NO2. The third-order valence-electron chi connectivity index (χ3n) is 2.81. The van der Waals surface area contributed by atoms with Gasteiger partial charge in [-0.25, -0.2) is 4.79 Å². The van der Waals surface area contributed by atoms with Crippen LogP contribution in [0.3, 0.4) is 0 Å². The number of hydrogen-bond donors (Lipinski definition) is 0. The minimum atomic E-state index is -0.407. The van der Waals surface area contributed by atoms with Gasteiger partial charge in [0.05, 0.1) is 12.3 Å². The minimum Gasteiger partial charge on any atom is -0.449 e. The predicted molar refractivity (Wildman–Crippen MR) is 72.3 cm³/mol. The summed E-state index contributed by atoms with van der Waals surface area (Å²) in [4.78, 5) is 13.5. The third-order valence-corrected chi connectivity index (χ3v) is 2.81. The van der Waals surface area contributed by atoms with Gasteiger partial charge in [-0.2, -0.15) is 0 Å². The van der Waals surface area contributed by atoms with Crippen LogP contribution in [0.15, 0.2) is 24.3 Å². The summed E-state index contributed by atoms with van der Waals surface area (Å²) in [6, 6.07) is 5.48. The molecule has 1 aliphatic heterocycles. The maximum atomic E-state index is 12.0. The monoisotopic (exact) mass is 241 g/mol. The first-order valence-corrected chi connectivity index (χ1v) is 5.88. The van der Waals surface area contributed by atoms with Gasteiger partial charge >= 0.3 is 6.09 Å². The number of carbonyl (C=O) groups is 1. The van der Waals surface area contributed by atoms with Gasteiger partial charge in [0.2, 0.25) is 0 Å². The largest absolute Gasteiger partial charge is 0.449 e. The molecule has 1 heterocycles. The van der Waals surface area contributed by atoms with Crippen LogP contribution < -0.4 is 4.90 Å². The Kier molecular flexibility index (Phi) is 3.38. The van der Waals surface area contributed by atoms with Crippen LogP contribution in [0, 0.1) is 19.3 Å². The molecule has 1 aliphatic rings. The fourth-order valence-electron chi connectivity index (χ4n) is 1.99. The zero-order valence-electron chi connectivity index (χ0n) is 10.5. The van der Waals surface area contributed by atoms with Gasteiger partial charge in [-0.15, -0.1) is 6.42 Å². The number of fused-ring (bicyclic) bond motifs is 1. The lowest BCUT2D eigenvalue weighted by Gasteiger charge is -2.30. The van der Waals surface area contributed by atoms with Crippen molar-refractivity contribution in [2.24, 2.45) is 0 Å². The number of anilines is 1. The highest BCUT2D eigenvalue weighted by Crippen LogP contribution is 2.30. The summed E-state index contributed by atoms with van der Waals surface area (Å²) in [5.74, 6) is 2.59. The summed E-state index contributed by atoms with van der Waals surface area (Å²) in [5, 5.41) is 0. The summed E-state index contributed by atoms with van der Waals surface area (Å²) in [5.41, 5.74) is 2.92. The van der Waals surface area contributed by atoms with Crippen LogP contribution in [0.2, 0.25) is 0 Å². The average molecular weight is 241 g/mol. The molecule has 0 fully saturated rings. The molecule has 0 aromatic heterocycles. The highest BCUT2D eigenvalue weighted by Gasteiger charge is 2.27. The number of nitrogens with zero attached hydrogens (tertiary/aromatic N) is 1. The fourth-order valence-corrected chi connectivity index (χ4v) is 1.99. The molecule has 0 saturated carbocycles. The zero-order chi connectivity index (χ0) is 13.1. The second-order valence-corrected chi connectivity index (χ2v) is 4.10. The van der Waals surface area contributed by atoms with Crippen molar-refractivity contribution in [2.75, 3.05) is 11.5 Å². The van der Waals surface area contributed by atoms with Crippen LogP contribution in [0.1, 0.15) is 18.1 Å². The summed E-state index contributed by atoms with van der Waals surface area (Å²) >= 11 is 0. The summed E-state index contributed by atoms with van der Waals surface area (Å²) in [6.45, 7) is 4.12. The Balaban J connectivity index is 2.46. The molecule has 3 heteroatoms.